The summed E-state index contributed by atoms with van der Waals surface area (Å²) in [5.41, 5.74) is 1.69. The molecule has 9 heteroatoms. The summed E-state index contributed by atoms with van der Waals surface area (Å²) >= 11 is 5.57. The molecule has 1 radical (unpaired) electrons. The highest BCUT2D eigenvalue weighted by atomic mass is 35.5. The summed E-state index contributed by atoms with van der Waals surface area (Å²) < 4.78 is 51.4. The molecule has 0 aliphatic rings. The summed E-state index contributed by atoms with van der Waals surface area (Å²) in [6, 6.07) is 5.15. The van der Waals surface area contributed by atoms with Gasteiger partial charge in [0.2, 0.25) is 14.9 Å². The Labute approximate surface area is 130 Å². The summed E-state index contributed by atoms with van der Waals surface area (Å²) in [6.07, 6.45) is 3.06. The van der Waals surface area contributed by atoms with Crippen molar-refractivity contribution in [1.29, 1.82) is 0 Å². The number of alkyl halides is 1. The Hall–Kier alpha value is -1.09. The van der Waals surface area contributed by atoms with Crippen LogP contribution in [0.25, 0.3) is 0 Å². The third-order valence-corrected chi connectivity index (χ3v) is 5.27. The molecule has 1 aromatic carbocycles. The quantitative estimate of drug-likeness (QED) is 0.456. The molecule has 1 N–H and O–H groups in total. The molecule has 0 saturated heterocycles. The summed E-state index contributed by atoms with van der Waals surface area (Å²) in [4.78, 5) is -1.85. The van der Waals surface area contributed by atoms with Crippen LogP contribution in [0.5, 0.6) is 0 Å². The molecule has 1 unspecified atom stereocenters. The number of halogens is 1. The number of allylic oxidation sites excluding steroid dienone is 1. The second kappa shape index (κ2) is 6.78. The Morgan fingerprint density at radius 3 is 2.52 bits per heavy atom. The standard InChI is InChI=1S/C12H16ClN2O4S2/c1-4-5-10-7-6-9(2)11(8-10)14-21(18,19)12(13)15-20(3,16)17/h4,6-8,12,15H,1,5H2,2-3H3. The number of benzene rings is 1. The number of nitrogens with zero attached hydrogens (tertiary/aromatic N) is 1. The van der Waals surface area contributed by atoms with Crippen molar-refractivity contribution in [2.24, 2.45) is 0 Å². The first-order valence-corrected chi connectivity index (χ1v) is 9.67. The highest BCUT2D eigenvalue weighted by Crippen LogP contribution is 2.21. The first-order valence-electron chi connectivity index (χ1n) is 5.84. The first kappa shape index (κ1) is 18.0. The maximum Gasteiger partial charge on any atom is 0.285 e. The molecule has 0 amide bonds. The zero-order valence-electron chi connectivity index (χ0n) is 11.6. The number of nitrogens with one attached hydrogen (secondary N) is 1. The first-order chi connectivity index (χ1) is 9.55. The van der Waals surface area contributed by atoms with Crippen LogP contribution in [-0.4, -0.2) is 27.9 Å². The normalized spacial score (nSPS) is 13.7. The highest BCUT2D eigenvalue weighted by molar-refractivity contribution is 7.94. The number of rotatable bonds is 7. The predicted octanol–water partition coefficient (Wildman–Crippen LogP) is 1.36. The second-order valence-electron chi connectivity index (χ2n) is 4.43. The van der Waals surface area contributed by atoms with Crippen LogP contribution in [0.4, 0.5) is 5.69 Å². The van der Waals surface area contributed by atoms with Crippen molar-refractivity contribution in [1.82, 2.24) is 9.44 Å². The van der Waals surface area contributed by atoms with Gasteiger partial charge in [-0.15, -0.1) is 6.58 Å². The lowest BCUT2D eigenvalue weighted by Gasteiger charge is -2.13. The average molecular weight is 352 g/mol. The fourth-order valence-electron chi connectivity index (χ4n) is 1.46. The van der Waals surface area contributed by atoms with Gasteiger partial charge in [-0.25, -0.2) is 16.8 Å². The minimum absolute atomic E-state index is 0.218. The third-order valence-electron chi connectivity index (χ3n) is 2.45. The van der Waals surface area contributed by atoms with E-state index in [0.29, 0.717) is 12.0 Å². The molecular weight excluding hydrogens is 336 g/mol. The molecule has 1 aromatic rings. The smallest absolute Gasteiger partial charge is 0.213 e. The van der Waals surface area contributed by atoms with Crippen LogP contribution in [0.2, 0.25) is 0 Å². The van der Waals surface area contributed by atoms with E-state index >= 15 is 0 Å². The van der Waals surface area contributed by atoms with Crippen LogP contribution in [0.15, 0.2) is 30.9 Å². The van der Waals surface area contributed by atoms with Gasteiger partial charge in [-0.1, -0.05) is 29.8 Å². The number of sulfonamides is 2. The van der Waals surface area contributed by atoms with Crippen LogP contribution in [0.3, 0.4) is 0 Å². The Balaban J connectivity index is 3.03. The molecule has 21 heavy (non-hydrogen) atoms. The molecule has 0 saturated carbocycles. The molecule has 1 atom stereocenters. The second-order valence-corrected chi connectivity index (χ2v) is 8.59. The van der Waals surface area contributed by atoms with Gasteiger partial charge in [-0.3, -0.25) is 0 Å². The average Bonchev–Trinajstić information content (AvgIpc) is 2.31. The zero-order chi connectivity index (χ0) is 16.3. The van der Waals surface area contributed by atoms with E-state index in [0.717, 1.165) is 11.8 Å². The summed E-state index contributed by atoms with van der Waals surface area (Å²) in [5, 5.41) is 0. The predicted molar refractivity (Wildman–Crippen MR) is 83.4 cm³/mol. The molecule has 0 aliphatic heterocycles. The van der Waals surface area contributed by atoms with E-state index in [1.165, 1.54) is 0 Å². The van der Waals surface area contributed by atoms with Crippen molar-refractivity contribution in [2.45, 2.75) is 18.2 Å². The summed E-state index contributed by atoms with van der Waals surface area (Å²) in [6.45, 7) is 5.30. The highest BCUT2D eigenvalue weighted by Gasteiger charge is 2.28. The van der Waals surface area contributed by atoms with Gasteiger partial charge in [0.05, 0.1) is 11.9 Å². The van der Waals surface area contributed by atoms with E-state index in [-0.39, 0.29) is 5.69 Å². The van der Waals surface area contributed by atoms with E-state index in [1.807, 2.05) is 6.07 Å². The van der Waals surface area contributed by atoms with E-state index in [1.54, 1.807) is 29.9 Å². The van der Waals surface area contributed by atoms with Gasteiger partial charge in [-0.05, 0) is 30.5 Å². The van der Waals surface area contributed by atoms with Crippen LogP contribution in [-0.2, 0) is 26.5 Å². The fraction of sp³-hybridized carbons (Fsp3) is 0.333. The van der Waals surface area contributed by atoms with Crippen molar-refractivity contribution in [3.8, 4) is 0 Å². The van der Waals surface area contributed by atoms with Crippen LogP contribution in [0, 0.1) is 6.92 Å². The number of hydrogen-bond donors (Lipinski definition) is 1. The Kier molecular flexibility index (Phi) is 5.80. The minimum atomic E-state index is -4.23. The summed E-state index contributed by atoms with van der Waals surface area (Å²) in [7, 11) is -7.99. The Morgan fingerprint density at radius 2 is 2.00 bits per heavy atom. The molecule has 0 bridgehead atoms. The monoisotopic (exact) mass is 351 g/mol. The van der Waals surface area contributed by atoms with Gasteiger partial charge < -0.3 is 0 Å². The Bertz CT molecular complexity index is 730. The molecule has 1 rings (SSSR count). The van der Waals surface area contributed by atoms with E-state index in [9.17, 15) is 16.8 Å². The van der Waals surface area contributed by atoms with Crippen molar-refractivity contribution >= 4 is 37.3 Å². The van der Waals surface area contributed by atoms with Crippen molar-refractivity contribution in [3.05, 3.63) is 42.0 Å². The minimum Gasteiger partial charge on any atom is -0.213 e. The molecular formula is C12H16ClN2O4S2. The maximum atomic E-state index is 12.0. The molecule has 0 aliphatic carbocycles. The third kappa shape index (κ3) is 5.66. The lowest BCUT2D eigenvalue weighted by molar-refractivity contribution is 0.571. The Morgan fingerprint density at radius 1 is 1.38 bits per heavy atom. The van der Waals surface area contributed by atoms with Crippen molar-refractivity contribution in [2.75, 3.05) is 6.26 Å². The topological polar surface area (TPSA) is 94.4 Å². The fourth-order valence-corrected chi connectivity index (χ4v) is 3.98. The molecule has 6 nitrogen and oxygen atoms in total. The largest absolute Gasteiger partial charge is 0.285 e. The van der Waals surface area contributed by atoms with E-state index in [4.69, 9.17) is 11.6 Å². The SMILES string of the molecule is C=CCc1ccc(C)c([N]S(=O)(=O)C(Cl)NS(C)(=O)=O)c1. The van der Waals surface area contributed by atoms with Crippen LogP contribution < -0.4 is 9.44 Å². The van der Waals surface area contributed by atoms with Crippen molar-refractivity contribution < 1.29 is 16.8 Å². The van der Waals surface area contributed by atoms with Gasteiger partial charge >= 0.3 is 0 Å². The molecule has 0 spiro atoms. The van der Waals surface area contributed by atoms with Crippen molar-refractivity contribution in [3.63, 3.8) is 0 Å². The molecule has 117 valence electrons. The van der Waals surface area contributed by atoms with E-state index < -0.39 is 24.9 Å². The lowest BCUT2D eigenvalue weighted by atomic mass is 10.1. The lowest BCUT2D eigenvalue weighted by Crippen LogP contribution is -2.38. The number of hydrogen-bond acceptors (Lipinski definition) is 4. The van der Waals surface area contributed by atoms with E-state index in [2.05, 4.69) is 11.3 Å². The molecule has 0 heterocycles. The maximum absolute atomic E-state index is 12.0. The zero-order valence-corrected chi connectivity index (χ0v) is 14.0. The van der Waals surface area contributed by atoms with Gasteiger partial charge in [-0.2, -0.15) is 9.44 Å². The number of aryl methyl sites for hydroxylation is 1. The molecule has 0 aromatic heterocycles. The van der Waals surface area contributed by atoms with Gasteiger partial charge in [0, 0.05) is 0 Å². The van der Waals surface area contributed by atoms with Crippen LogP contribution >= 0.6 is 11.6 Å². The van der Waals surface area contributed by atoms with Gasteiger partial charge in [0.1, 0.15) is 0 Å². The van der Waals surface area contributed by atoms with Gasteiger partial charge in [0.15, 0.2) is 0 Å². The summed E-state index contributed by atoms with van der Waals surface area (Å²) in [5.74, 6) is 0. The van der Waals surface area contributed by atoms with Gasteiger partial charge in [0.25, 0.3) is 10.0 Å². The van der Waals surface area contributed by atoms with Crippen LogP contribution in [0.1, 0.15) is 11.1 Å². The molecule has 0 fully saturated rings.